The fraction of sp³-hybridized carbons (Fsp3) is 0.522. The Hall–Kier alpha value is -3.72. The topological polar surface area (TPSA) is 205 Å². The average molecular weight is 546 g/mol. The van der Waals surface area contributed by atoms with Crippen molar-refractivity contribution in [3.8, 4) is 0 Å². The minimum Gasteiger partial charge on any atom is -0.480 e. The van der Waals surface area contributed by atoms with E-state index in [4.69, 9.17) is 11.5 Å². The number of carbonyl (C=O) groups excluding carboxylic acids is 4. The molecule has 38 heavy (non-hydrogen) atoms. The average Bonchev–Trinajstić information content (AvgIpc) is 3.31. The zero-order valence-electron chi connectivity index (χ0n) is 20.4. The highest BCUT2D eigenvalue weighted by molar-refractivity contribution is 5.95. The Bertz CT molecular complexity index is 1050. The number of aliphatic hydroxyl groups excluding tert-OH is 1. The van der Waals surface area contributed by atoms with Crippen molar-refractivity contribution >= 4 is 29.6 Å². The third-order valence-corrected chi connectivity index (χ3v) is 6.02. The number of likely N-dealkylation sites (tertiary alicyclic amines) is 1. The van der Waals surface area contributed by atoms with Crippen LogP contribution in [-0.4, -0.2) is 81.5 Å². The highest BCUT2D eigenvalue weighted by atomic mass is 19.4. The number of benzene rings is 1. The minimum atomic E-state index is -4.58. The predicted octanol–water partition coefficient (Wildman–Crippen LogP) is -1.12. The number of aliphatic carboxylic acids is 1. The first-order valence-electron chi connectivity index (χ1n) is 11.6. The van der Waals surface area contributed by atoms with Crippen molar-refractivity contribution in [3.05, 3.63) is 35.4 Å². The van der Waals surface area contributed by atoms with Crippen LogP contribution in [0.15, 0.2) is 24.3 Å². The second kappa shape index (κ2) is 12.7. The van der Waals surface area contributed by atoms with Crippen LogP contribution in [0.3, 0.4) is 0 Å². The summed E-state index contributed by atoms with van der Waals surface area (Å²) in [7, 11) is 0. The van der Waals surface area contributed by atoms with Gasteiger partial charge in [-0.05, 0) is 37.5 Å². The van der Waals surface area contributed by atoms with Crippen LogP contribution in [0, 0.1) is 0 Å². The molecule has 1 aromatic rings. The Kier molecular flexibility index (Phi) is 10.2. The number of hydrogen-bond acceptors (Lipinski definition) is 7. The number of hydrogen-bond donors (Lipinski definition) is 6. The van der Waals surface area contributed by atoms with E-state index in [-0.39, 0.29) is 24.9 Å². The molecule has 1 saturated heterocycles. The Balaban J connectivity index is 2.28. The molecule has 0 unspecified atom stereocenters. The van der Waals surface area contributed by atoms with Crippen LogP contribution in [0.2, 0.25) is 0 Å². The standard InChI is InChI=1S/C23H30F3N5O7/c1-11(32)18(28)20(35)29-14(9-12-4-6-13(7-5-12)23(24,25)26)21(36)31-8-2-3-16(31)19(34)30-15(22(37)38)10-17(27)33/h4-7,11,14-16,18,32H,2-3,8-10,28H2,1H3,(H2,27,33)(H,29,35)(H,30,34)(H,37,38)/t11-,14+,15+,16+,18+/m1/s1. The van der Waals surface area contributed by atoms with Crippen molar-refractivity contribution in [1.29, 1.82) is 0 Å². The van der Waals surface area contributed by atoms with Crippen molar-refractivity contribution in [2.75, 3.05) is 6.54 Å². The van der Waals surface area contributed by atoms with Crippen LogP contribution in [0.4, 0.5) is 13.2 Å². The number of aliphatic hydroxyl groups is 1. The molecule has 12 nitrogen and oxygen atoms in total. The van der Waals surface area contributed by atoms with Gasteiger partial charge < -0.3 is 37.2 Å². The number of carboxylic acids is 1. The van der Waals surface area contributed by atoms with Crippen LogP contribution in [0.25, 0.3) is 0 Å². The maximum absolute atomic E-state index is 13.5. The molecule has 1 aliphatic rings. The van der Waals surface area contributed by atoms with Crippen molar-refractivity contribution in [1.82, 2.24) is 15.5 Å². The monoisotopic (exact) mass is 545 g/mol. The van der Waals surface area contributed by atoms with Gasteiger partial charge in [0, 0.05) is 13.0 Å². The summed E-state index contributed by atoms with van der Waals surface area (Å²) in [5, 5.41) is 23.5. The fourth-order valence-electron chi connectivity index (χ4n) is 3.93. The van der Waals surface area contributed by atoms with E-state index < -0.39 is 78.0 Å². The predicted molar refractivity (Wildman–Crippen MR) is 125 cm³/mol. The van der Waals surface area contributed by atoms with Crippen molar-refractivity contribution in [2.45, 2.75) is 69.1 Å². The SMILES string of the molecule is C[C@@H](O)[C@H](N)C(=O)N[C@@H](Cc1ccc(C(F)(F)F)cc1)C(=O)N1CCC[C@H]1C(=O)N[C@@H](CC(N)=O)C(=O)O. The third kappa shape index (κ3) is 8.14. The molecule has 0 aliphatic carbocycles. The highest BCUT2D eigenvalue weighted by Gasteiger charge is 2.39. The Morgan fingerprint density at radius 1 is 1.11 bits per heavy atom. The van der Waals surface area contributed by atoms with Gasteiger partial charge in [0.15, 0.2) is 0 Å². The summed E-state index contributed by atoms with van der Waals surface area (Å²) in [5.74, 6) is -5.00. The molecule has 0 aromatic heterocycles. The number of carbonyl (C=O) groups is 5. The Labute approximate surface area is 215 Å². The van der Waals surface area contributed by atoms with Gasteiger partial charge in [-0.3, -0.25) is 19.2 Å². The quantitative estimate of drug-likeness (QED) is 0.200. The molecule has 1 aliphatic heterocycles. The zero-order valence-corrected chi connectivity index (χ0v) is 20.4. The molecule has 5 atom stereocenters. The van der Waals surface area contributed by atoms with E-state index >= 15 is 0 Å². The smallest absolute Gasteiger partial charge is 0.416 e. The number of rotatable bonds is 11. The number of nitrogens with one attached hydrogen (secondary N) is 2. The molecule has 1 fully saturated rings. The van der Waals surface area contributed by atoms with Crippen molar-refractivity contribution in [3.63, 3.8) is 0 Å². The first kappa shape index (κ1) is 30.5. The number of halogens is 3. The number of primary amides is 1. The lowest BCUT2D eigenvalue weighted by molar-refractivity contribution is -0.146. The second-order valence-electron chi connectivity index (χ2n) is 8.99. The zero-order chi connectivity index (χ0) is 28.8. The molecule has 4 amide bonds. The van der Waals surface area contributed by atoms with E-state index in [9.17, 15) is 47.4 Å². The van der Waals surface area contributed by atoms with Gasteiger partial charge in [-0.25, -0.2) is 4.79 Å². The van der Waals surface area contributed by atoms with Crippen molar-refractivity contribution in [2.24, 2.45) is 11.5 Å². The Morgan fingerprint density at radius 3 is 2.21 bits per heavy atom. The van der Waals surface area contributed by atoms with Gasteiger partial charge in [-0.2, -0.15) is 13.2 Å². The highest BCUT2D eigenvalue weighted by Crippen LogP contribution is 2.29. The van der Waals surface area contributed by atoms with Crippen LogP contribution in [0.1, 0.15) is 37.3 Å². The van der Waals surface area contributed by atoms with E-state index in [1.165, 1.54) is 6.92 Å². The normalized spacial score (nSPS) is 18.7. The molecule has 8 N–H and O–H groups in total. The third-order valence-electron chi connectivity index (χ3n) is 6.02. The molecular formula is C23H30F3N5O7. The van der Waals surface area contributed by atoms with Crippen LogP contribution in [-0.2, 0) is 36.6 Å². The number of nitrogens with zero attached hydrogens (tertiary/aromatic N) is 1. The molecule has 0 saturated carbocycles. The summed E-state index contributed by atoms with van der Waals surface area (Å²) in [6, 6.07) is -1.65. The molecule has 0 spiro atoms. The number of alkyl halides is 3. The lowest BCUT2D eigenvalue weighted by Gasteiger charge is -2.30. The molecule has 2 rings (SSSR count). The van der Waals surface area contributed by atoms with E-state index in [0.29, 0.717) is 6.42 Å². The molecule has 210 valence electrons. The number of amides is 4. The van der Waals surface area contributed by atoms with Crippen LogP contribution in [0.5, 0.6) is 0 Å². The van der Waals surface area contributed by atoms with E-state index in [1.54, 1.807) is 0 Å². The van der Waals surface area contributed by atoms with Gasteiger partial charge in [-0.1, -0.05) is 12.1 Å². The van der Waals surface area contributed by atoms with E-state index in [1.807, 2.05) is 0 Å². The van der Waals surface area contributed by atoms with Gasteiger partial charge >= 0.3 is 12.1 Å². The number of nitrogens with two attached hydrogens (primary N) is 2. The summed E-state index contributed by atoms with van der Waals surface area (Å²) >= 11 is 0. The molecule has 15 heteroatoms. The first-order valence-corrected chi connectivity index (χ1v) is 11.6. The second-order valence-corrected chi connectivity index (χ2v) is 8.99. The fourth-order valence-corrected chi connectivity index (χ4v) is 3.93. The molecule has 1 aromatic carbocycles. The van der Waals surface area contributed by atoms with Crippen molar-refractivity contribution < 1.29 is 47.4 Å². The molecule has 0 radical (unpaired) electrons. The van der Waals surface area contributed by atoms with E-state index in [2.05, 4.69) is 10.6 Å². The van der Waals surface area contributed by atoms with Crippen LogP contribution >= 0.6 is 0 Å². The van der Waals surface area contributed by atoms with Crippen LogP contribution < -0.4 is 22.1 Å². The summed E-state index contributed by atoms with van der Waals surface area (Å²) < 4.78 is 38.8. The summed E-state index contributed by atoms with van der Waals surface area (Å²) in [6.07, 6.45) is -6.30. The van der Waals surface area contributed by atoms with Gasteiger partial charge in [0.1, 0.15) is 24.2 Å². The minimum absolute atomic E-state index is 0.0618. The van der Waals surface area contributed by atoms with Gasteiger partial charge in [0.25, 0.3) is 0 Å². The molecular weight excluding hydrogens is 515 g/mol. The summed E-state index contributed by atoms with van der Waals surface area (Å²) in [4.78, 5) is 62.5. The van der Waals surface area contributed by atoms with Gasteiger partial charge in [0.05, 0.1) is 18.1 Å². The summed E-state index contributed by atoms with van der Waals surface area (Å²) in [5.41, 5.74) is 10.0. The van der Waals surface area contributed by atoms with Gasteiger partial charge in [0.2, 0.25) is 23.6 Å². The maximum atomic E-state index is 13.5. The largest absolute Gasteiger partial charge is 0.480 e. The van der Waals surface area contributed by atoms with Gasteiger partial charge in [-0.15, -0.1) is 0 Å². The lowest BCUT2D eigenvalue weighted by atomic mass is 10.0. The maximum Gasteiger partial charge on any atom is 0.416 e. The number of carboxylic acid groups (broad SMARTS) is 1. The van der Waals surface area contributed by atoms with E-state index in [0.717, 1.165) is 29.2 Å². The molecule has 0 bridgehead atoms. The lowest BCUT2D eigenvalue weighted by Crippen LogP contribution is -2.58. The Morgan fingerprint density at radius 2 is 1.71 bits per heavy atom. The molecule has 1 heterocycles. The summed E-state index contributed by atoms with van der Waals surface area (Å²) in [6.45, 7) is 1.31. The first-order chi connectivity index (χ1) is 17.6.